The van der Waals surface area contributed by atoms with E-state index in [4.69, 9.17) is 5.26 Å². The van der Waals surface area contributed by atoms with E-state index in [-0.39, 0.29) is 4.75 Å². The first-order valence-electron chi connectivity index (χ1n) is 3.51. The van der Waals surface area contributed by atoms with E-state index in [0.29, 0.717) is 13.0 Å². The average molecular weight is 174 g/mol. The smallest absolute Gasteiger partial charge is 0.136 e. The fourth-order valence-electron chi connectivity index (χ4n) is 0.416. The first kappa shape index (κ1) is 10.8. The SMILES string of the molecule is CC(C)(C)[S+]([O-])NCCC#N. The molecule has 4 heteroatoms. The van der Waals surface area contributed by atoms with E-state index in [2.05, 4.69) is 4.72 Å². The van der Waals surface area contributed by atoms with Gasteiger partial charge >= 0.3 is 0 Å². The number of hydrogen-bond acceptors (Lipinski definition) is 3. The second-order valence-electron chi connectivity index (χ2n) is 3.18. The Balaban J connectivity index is 3.55. The van der Waals surface area contributed by atoms with E-state index in [1.807, 2.05) is 26.8 Å². The van der Waals surface area contributed by atoms with Crippen LogP contribution in [-0.2, 0) is 11.4 Å². The third-order valence-corrected chi connectivity index (χ3v) is 2.60. The fraction of sp³-hybridized carbons (Fsp3) is 0.857. The molecular weight excluding hydrogens is 160 g/mol. The lowest BCUT2D eigenvalue weighted by Crippen LogP contribution is -2.39. The Kier molecular flexibility index (Phi) is 4.50. The molecule has 0 bridgehead atoms. The zero-order valence-corrected chi connectivity index (χ0v) is 7.99. The largest absolute Gasteiger partial charge is 0.598 e. The van der Waals surface area contributed by atoms with E-state index < -0.39 is 11.4 Å². The maximum absolute atomic E-state index is 11.2. The van der Waals surface area contributed by atoms with Crippen LogP contribution in [0.25, 0.3) is 0 Å². The lowest BCUT2D eigenvalue weighted by atomic mass is 10.3. The topological polar surface area (TPSA) is 58.9 Å². The molecule has 11 heavy (non-hydrogen) atoms. The number of nitrogens with one attached hydrogen (secondary N) is 1. The summed E-state index contributed by atoms with van der Waals surface area (Å²) >= 11 is -1.04. The summed E-state index contributed by atoms with van der Waals surface area (Å²) in [4.78, 5) is 0. The summed E-state index contributed by atoms with van der Waals surface area (Å²) in [6, 6.07) is 1.98. The molecule has 0 aromatic carbocycles. The Labute approximate surface area is 71.1 Å². The third-order valence-electron chi connectivity index (χ3n) is 1.03. The van der Waals surface area contributed by atoms with Gasteiger partial charge in [-0.25, -0.2) is 0 Å². The van der Waals surface area contributed by atoms with Crippen molar-refractivity contribution in [3.63, 3.8) is 0 Å². The Bertz CT molecular complexity index is 148. The third kappa shape index (κ3) is 5.08. The highest BCUT2D eigenvalue weighted by Gasteiger charge is 2.25. The van der Waals surface area contributed by atoms with Crippen LogP contribution in [-0.4, -0.2) is 15.8 Å². The molecule has 0 saturated carbocycles. The van der Waals surface area contributed by atoms with Crippen molar-refractivity contribution in [2.75, 3.05) is 6.54 Å². The van der Waals surface area contributed by atoms with Gasteiger partial charge in [-0.3, -0.25) is 0 Å². The summed E-state index contributed by atoms with van der Waals surface area (Å²) < 4.78 is 13.8. The molecular formula is C7H14N2OS. The standard InChI is InChI=1S/C7H14N2OS/c1-7(2,3)11(10)9-6-4-5-8/h9H,4,6H2,1-3H3. The maximum Gasteiger partial charge on any atom is 0.136 e. The summed E-state index contributed by atoms with van der Waals surface area (Å²) in [5.74, 6) is 0. The summed E-state index contributed by atoms with van der Waals surface area (Å²) in [7, 11) is 0. The number of nitriles is 1. The van der Waals surface area contributed by atoms with Gasteiger partial charge in [-0.15, -0.1) is 4.72 Å². The summed E-state index contributed by atoms with van der Waals surface area (Å²) in [5.41, 5.74) is 0. The minimum absolute atomic E-state index is 0.241. The molecule has 0 aliphatic heterocycles. The van der Waals surface area contributed by atoms with Gasteiger partial charge in [0.2, 0.25) is 0 Å². The molecule has 0 heterocycles. The molecule has 1 atom stereocenters. The van der Waals surface area contributed by atoms with Gasteiger partial charge in [0.1, 0.15) is 4.75 Å². The van der Waals surface area contributed by atoms with E-state index in [1.165, 1.54) is 0 Å². The molecule has 1 N–H and O–H groups in total. The van der Waals surface area contributed by atoms with Crippen LogP contribution in [0.4, 0.5) is 0 Å². The van der Waals surface area contributed by atoms with Crippen LogP contribution in [0, 0.1) is 11.3 Å². The van der Waals surface area contributed by atoms with Crippen LogP contribution in [0.15, 0.2) is 0 Å². The second kappa shape index (κ2) is 4.60. The molecule has 1 unspecified atom stereocenters. The molecule has 0 rings (SSSR count). The maximum atomic E-state index is 11.2. The van der Waals surface area contributed by atoms with Crippen molar-refractivity contribution < 1.29 is 4.55 Å². The van der Waals surface area contributed by atoms with E-state index in [0.717, 1.165) is 0 Å². The van der Waals surface area contributed by atoms with Gasteiger partial charge in [-0.1, -0.05) is 0 Å². The quantitative estimate of drug-likeness (QED) is 0.512. The van der Waals surface area contributed by atoms with E-state index >= 15 is 0 Å². The van der Waals surface area contributed by atoms with E-state index in [1.54, 1.807) is 0 Å². The van der Waals surface area contributed by atoms with Crippen LogP contribution in [0.1, 0.15) is 27.2 Å². The predicted molar refractivity (Wildman–Crippen MR) is 46.1 cm³/mol. The molecule has 0 aromatic heterocycles. The molecule has 0 amide bonds. The minimum Gasteiger partial charge on any atom is -0.598 e. The highest BCUT2D eigenvalue weighted by atomic mass is 32.2. The molecule has 64 valence electrons. The monoisotopic (exact) mass is 174 g/mol. The van der Waals surface area contributed by atoms with Crippen molar-refractivity contribution in [3.05, 3.63) is 0 Å². The Morgan fingerprint density at radius 3 is 2.45 bits per heavy atom. The van der Waals surface area contributed by atoms with Crippen molar-refractivity contribution >= 4 is 11.4 Å². The van der Waals surface area contributed by atoms with Crippen LogP contribution in [0.2, 0.25) is 0 Å². The van der Waals surface area contributed by atoms with Crippen molar-refractivity contribution in [2.45, 2.75) is 31.9 Å². The fourth-order valence-corrected chi connectivity index (χ4v) is 1.14. The van der Waals surface area contributed by atoms with Crippen LogP contribution >= 0.6 is 0 Å². The van der Waals surface area contributed by atoms with Gasteiger partial charge in [-0.05, 0) is 20.8 Å². The molecule has 0 aliphatic rings. The summed E-state index contributed by atoms with van der Waals surface area (Å²) in [6.45, 7) is 6.17. The highest BCUT2D eigenvalue weighted by molar-refractivity contribution is 7.90. The Morgan fingerprint density at radius 2 is 2.09 bits per heavy atom. The van der Waals surface area contributed by atoms with Gasteiger partial charge in [0.25, 0.3) is 0 Å². The van der Waals surface area contributed by atoms with Crippen LogP contribution < -0.4 is 4.72 Å². The summed E-state index contributed by atoms with van der Waals surface area (Å²) in [6.07, 6.45) is 0.405. The van der Waals surface area contributed by atoms with Crippen LogP contribution in [0.5, 0.6) is 0 Å². The molecule has 0 fully saturated rings. The van der Waals surface area contributed by atoms with Gasteiger partial charge in [-0.2, -0.15) is 5.26 Å². The summed E-state index contributed by atoms with van der Waals surface area (Å²) in [5, 5.41) is 8.19. The average Bonchev–Trinajstić information content (AvgIpc) is 1.86. The number of hydrogen-bond donors (Lipinski definition) is 1. The molecule has 0 aliphatic carbocycles. The molecule has 0 saturated heterocycles. The van der Waals surface area contributed by atoms with Gasteiger partial charge < -0.3 is 4.55 Å². The van der Waals surface area contributed by atoms with Crippen molar-refractivity contribution in [1.82, 2.24) is 4.72 Å². The van der Waals surface area contributed by atoms with E-state index in [9.17, 15) is 4.55 Å². The number of rotatable bonds is 3. The van der Waals surface area contributed by atoms with Crippen molar-refractivity contribution in [2.24, 2.45) is 0 Å². The van der Waals surface area contributed by atoms with Crippen LogP contribution in [0.3, 0.4) is 0 Å². The molecule has 0 aromatic rings. The Hall–Kier alpha value is -0.240. The Morgan fingerprint density at radius 1 is 1.55 bits per heavy atom. The highest BCUT2D eigenvalue weighted by Crippen LogP contribution is 2.12. The minimum atomic E-state index is -1.04. The number of nitrogens with zero attached hydrogens (tertiary/aromatic N) is 1. The molecule has 3 nitrogen and oxygen atoms in total. The predicted octanol–water partition coefficient (Wildman–Crippen LogP) is 0.952. The van der Waals surface area contributed by atoms with Gasteiger partial charge in [0.05, 0.1) is 19.0 Å². The lowest BCUT2D eigenvalue weighted by Gasteiger charge is -2.23. The van der Waals surface area contributed by atoms with Crippen molar-refractivity contribution in [1.29, 1.82) is 5.26 Å². The lowest BCUT2D eigenvalue weighted by molar-refractivity contribution is 0.545. The molecule has 0 spiro atoms. The molecule has 0 radical (unpaired) electrons. The van der Waals surface area contributed by atoms with Gasteiger partial charge in [0.15, 0.2) is 0 Å². The normalized spacial score (nSPS) is 14.1. The zero-order valence-electron chi connectivity index (χ0n) is 7.18. The first-order chi connectivity index (χ1) is 4.98. The second-order valence-corrected chi connectivity index (χ2v) is 5.23. The zero-order chi connectivity index (χ0) is 8.91. The van der Waals surface area contributed by atoms with Crippen molar-refractivity contribution in [3.8, 4) is 6.07 Å². The first-order valence-corrected chi connectivity index (χ1v) is 4.66. The van der Waals surface area contributed by atoms with Gasteiger partial charge in [0, 0.05) is 11.4 Å².